The Morgan fingerprint density at radius 3 is 2.43 bits per heavy atom. The van der Waals surface area contributed by atoms with Crippen molar-refractivity contribution in [1.82, 2.24) is 4.90 Å². The van der Waals surface area contributed by atoms with Gasteiger partial charge in [0.05, 0.1) is 11.0 Å². The van der Waals surface area contributed by atoms with E-state index in [1.165, 1.54) is 31.2 Å². The summed E-state index contributed by atoms with van der Waals surface area (Å²) in [6, 6.07) is 10.5. The fourth-order valence-corrected chi connectivity index (χ4v) is 4.03. The normalized spacial score (nSPS) is 23.3. The van der Waals surface area contributed by atoms with Crippen molar-refractivity contribution in [2.24, 2.45) is 10.2 Å². The van der Waals surface area contributed by atoms with E-state index in [4.69, 9.17) is 0 Å². The monoisotopic (exact) mass is 301 g/mol. The SMILES string of the molecule is CCC1SC(N2CCCCCC2)=NN=C1c1ccccc1. The summed E-state index contributed by atoms with van der Waals surface area (Å²) >= 11 is 1.90. The Hall–Kier alpha value is -1.29. The molecule has 2 aliphatic heterocycles. The molecule has 3 rings (SSSR count). The second-order valence-electron chi connectivity index (χ2n) is 5.65. The molecule has 1 atom stereocenters. The molecular formula is C17H23N3S. The second kappa shape index (κ2) is 7.12. The maximum atomic E-state index is 4.58. The highest BCUT2D eigenvalue weighted by molar-refractivity contribution is 8.15. The van der Waals surface area contributed by atoms with E-state index in [9.17, 15) is 0 Å². The van der Waals surface area contributed by atoms with E-state index in [2.05, 4.69) is 46.3 Å². The first-order chi connectivity index (χ1) is 10.4. The molecule has 2 aliphatic rings. The molecule has 112 valence electrons. The molecular weight excluding hydrogens is 278 g/mol. The van der Waals surface area contributed by atoms with E-state index in [0.29, 0.717) is 5.25 Å². The minimum Gasteiger partial charge on any atom is -0.350 e. The molecule has 3 nitrogen and oxygen atoms in total. The minimum absolute atomic E-state index is 0.420. The Balaban J connectivity index is 1.82. The van der Waals surface area contributed by atoms with Gasteiger partial charge in [0.25, 0.3) is 0 Å². The quantitative estimate of drug-likeness (QED) is 0.821. The molecule has 0 radical (unpaired) electrons. The maximum absolute atomic E-state index is 4.58. The average molecular weight is 301 g/mol. The number of hydrogen-bond donors (Lipinski definition) is 0. The molecule has 0 N–H and O–H groups in total. The van der Waals surface area contributed by atoms with Crippen LogP contribution in [-0.2, 0) is 0 Å². The third-order valence-electron chi connectivity index (χ3n) is 4.11. The number of likely N-dealkylation sites (tertiary alicyclic amines) is 1. The molecule has 1 unspecified atom stereocenters. The summed E-state index contributed by atoms with van der Waals surface area (Å²) in [6.07, 6.45) is 6.36. The van der Waals surface area contributed by atoms with Crippen molar-refractivity contribution >= 4 is 22.6 Å². The van der Waals surface area contributed by atoms with Gasteiger partial charge in [0.15, 0.2) is 5.17 Å². The standard InChI is InChI=1S/C17H23N3S/c1-2-15-16(14-10-6-5-7-11-14)18-19-17(21-15)20-12-8-3-4-9-13-20/h5-7,10-11,15H,2-4,8-9,12-13H2,1H3. The zero-order chi connectivity index (χ0) is 14.5. The molecule has 0 aliphatic carbocycles. The third kappa shape index (κ3) is 3.49. The van der Waals surface area contributed by atoms with Gasteiger partial charge in [-0.1, -0.05) is 61.9 Å². The van der Waals surface area contributed by atoms with Crippen LogP contribution in [-0.4, -0.2) is 34.1 Å². The van der Waals surface area contributed by atoms with Gasteiger partial charge in [0.1, 0.15) is 0 Å². The number of benzene rings is 1. The molecule has 2 heterocycles. The number of thioether (sulfide) groups is 1. The van der Waals surface area contributed by atoms with Crippen molar-refractivity contribution in [2.75, 3.05) is 13.1 Å². The second-order valence-corrected chi connectivity index (χ2v) is 6.82. The molecule has 1 aromatic rings. The first kappa shape index (κ1) is 14.6. The van der Waals surface area contributed by atoms with Crippen molar-refractivity contribution in [3.05, 3.63) is 35.9 Å². The predicted octanol–water partition coefficient (Wildman–Crippen LogP) is 4.15. The smallest absolute Gasteiger partial charge is 0.186 e. The van der Waals surface area contributed by atoms with Gasteiger partial charge in [0.2, 0.25) is 0 Å². The Morgan fingerprint density at radius 2 is 1.76 bits per heavy atom. The van der Waals surface area contributed by atoms with Crippen LogP contribution in [0.15, 0.2) is 40.5 Å². The summed E-state index contributed by atoms with van der Waals surface area (Å²) in [6.45, 7) is 4.51. The first-order valence-corrected chi connectivity index (χ1v) is 8.89. The molecule has 0 bridgehead atoms. The highest BCUT2D eigenvalue weighted by Crippen LogP contribution is 2.28. The van der Waals surface area contributed by atoms with E-state index in [1.807, 2.05) is 17.8 Å². The van der Waals surface area contributed by atoms with Crippen LogP contribution in [0.5, 0.6) is 0 Å². The summed E-state index contributed by atoms with van der Waals surface area (Å²) in [5.74, 6) is 0. The van der Waals surface area contributed by atoms with Gasteiger partial charge >= 0.3 is 0 Å². The van der Waals surface area contributed by atoms with E-state index in [-0.39, 0.29) is 0 Å². The van der Waals surface area contributed by atoms with Crippen LogP contribution >= 0.6 is 11.8 Å². The van der Waals surface area contributed by atoms with Crippen LogP contribution in [0, 0.1) is 0 Å². The summed E-state index contributed by atoms with van der Waals surface area (Å²) < 4.78 is 0. The van der Waals surface area contributed by atoms with E-state index in [0.717, 1.165) is 30.4 Å². The molecule has 0 amide bonds. The molecule has 0 aromatic heterocycles. The van der Waals surface area contributed by atoms with Gasteiger partial charge < -0.3 is 4.90 Å². The van der Waals surface area contributed by atoms with Crippen molar-refractivity contribution in [2.45, 2.75) is 44.3 Å². The lowest BCUT2D eigenvalue weighted by Gasteiger charge is -2.28. The average Bonchev–Trinajstić information content (AvgIpc) is 2.84. The number of hydrogen-bond acceptors (Lipinski definition) is 4. The topological polar surface area (TPSA) is 28.0 Å². The van der Waals surface area contributed by atoms with Gasteiger partial charge in [0, 0.05) is 13.1 Å². The fourth-order valence-electron chi connectivity index (χ4n) is 2.90. The zero-order valence-corrected chi connectivity index (χ0v) is 13.5. The maximum Gasteiger partial charge on any atom is 0.186 e. The van der Waals surface area contributed by atoms with Crippen molar-refractivity contribution in [3.63, 3.8) is 0 Å². The van der Waals surface area contributed by atoms with Gasteiger partial charge in [-0.05, 0) is 24.8 Å². The molecule has 1 aromatic carbocycles. The van der Waals surface area contributed by atoms with E-state index >= 15 is 0 Å². The van der Waals surface area contributed by atoms with E-state index in [1.54, 1.807) is 0 Å². The lowest BCUT2D eigenvalue weighted by Crippen LogP contribution is -2.34. The van der Waals surface area contributed by atoms with Crippen molar-refractivity contribution < 1.29 is 0 Å². The molecule has 1 fully saturated rings. The number of rotatable bonds is 2. The summed E-state index contributed by atoms with van der Waals surface area (Å²) in [4.78, 5) is 2.44. The molecule has 1 saturated heterocycles. The van der Waals surface area contributed by atoms with E-state index < -0.39 is 0 Å². The highest BCUT2D eigenvalue weighted by atomic mass is 32.2. The van der Waals surface area contributed by atoms with Crippen LogP contribution in [0.2, 0.25) is 0 Å². The van der Waals surface area contributed by atoms with Crippen LogP contribution < -0.4 is 0 Å². The Morgan fingerprint density at radius 1 is 1.05 bits per heavy atom. The Bertz CT molecular complexity index is 516. The molecule has 21 heavy (non-hydrogen) atoms. The third-order valence-corrected chi connectivity index (χ3v) is 5.50. The Kier molecular flexibility index (Phi) is 4.96. The highest BCUT2D eigenvalue weighted by Gasteiger charge is 2.26. The van der Waals surface area contributed by atoms with Crippen LogP contribution in [0.4, 0.5) is 0 Å². The van der Waals surface area contributed by atoms with Crippen LogP contribution in [0.1, 0.15) is 44.6 Å². The zero-order valence-electron chi connectivity index (χ0n) is 12.7. The summed E-state index contributed by atoms with van der Waals surface area (Å²) in [7, 11) is 0. The van der Waals surface area contributed by atoms with Gasteiger partial charge in [-0.15, -0.1) is 5.10 Å². The molecule has 0 saturated carbocycles. The number of nitrogens with zero attached hydrogens (tertiary/aromatic N) is 3. The van der Waals surface area contributed by atoms with Crippen molar-refractivity contribution in [1.29, 1.82) is 0 Å². The Labute approximate surface area is 131 Å². The largest absolute Gasteiger partial charge is 0.350 e. The lowest BCUT2D eigenvalue weighted by molar-refractivity contribution is 0.441. The van der Waals surface area contributed by atoms with Gasteiger partial charge in [-0.2, -0.15) is 5.10 Å². The van der Waals surface area contributed by atoms with Gasteiger partial charge in [-0.3, -0.25) is 0 Å². The summed E-state index contributed by atoms with van der Waals surface area (Å²) in [5, 5.41) is 10.7. The summed E-state index contributed by atoms with van der Waals surface area (Å²) in [5.41, 5.74) is 2.33. The minimum atomic E-state index is 0.420. The first-order valence-electron chi connectivity index (χ1n) is 8.01. The van der Waals surface area contributed by atoms with Crippen LogP contribution in [0.3, 0.4) is 0 Å². The molecule has 4 heteroatoms. The lowest BCUT2D eigenvalue weighted by atomic mass is 10.1. The number of amidine groups is 1. The fraction of sp³-hybridized carbons (Fsp3) is 0.529. The van der Waals surface area contributed by atoms with Crippen LogP contribution in [0.25, 0.3) is 0 Å². The predicted molar refractivity (Wildman–Crippen MR) is 92.1 cm³/mol. The van der Waals surface area contributed by atoms with Gasteiger partial charge in [-0.25, -0.2) is 0 Å². The molecule has 0 spiro atoms. The van der Waals surface area contributed by atoms with Crippen molar-refractivity contribution in [3.8, 4) is 0 Å².